The molecular weight excluding hydrogens is 276 g/mol. The molecule has 3 rings (SSSR count). The Hall–Kier alpha value is -2.49. The molecule has 2 N–H and O–H groups in total. The molecule has 0 radical (unpaired) electrons. The van der Waals surface area contributed by atoms with Crippen LogP contribution in [-0.2, 0) is 0 Å². The summed E-state index contributed by atoms with van der Waals surface area (Å²) in [6.07, 6.45) is 4.52. The van der Waals surface area contributed by atoms with E-state index in [0.717, 1.165) is 18.6 Å². The number of hydrogen-bond acceptors (Lipinski definition) is 2. The normalized spacial score (nSPS) is 14.5. The highest BCUT2D eigenvalue weighted by Gasteiger charge is 2.17. The Morgan fingerprint density at radius 1 is 0.955 bits per heavy atom. The second kappa shape index (κ2) is 6.98. The van der Waals surface area contributed by atoms with E-state index in [9.17, 15) is 4.79 Å². The summed E-state index contributed by atoms with van der Waals surface area (Å²) < 4.78 is 5.84. The molecule has 2 aromatic rings. The van der Waals surface area contributed by atoms with Crippen molar-refractivity contribution >= 4 is 11.7 Å². The summed E-state index contributed by atoms with van der Waals surface area (Å²) >= 11 is 0. The third-order valence-corrected chi connectivity index (χ3v) is 3.80. The number of nitrogens with one attached hydrogen (secondary N) is 2. The van der Waals surface area contributed by atoms with Crippen molar-refractivity contribution in [3.63, 3.8) is 0 Å². The van der Waals surface area contributed by atoms with Crippen LogP contribution in [0, 0.1) is 0 Å². The Morgan fingerprint density at radius 2 is 1.64 bits per heavy atom. The van der Waals surface area contributed by atoms with Gasteiger partial charge < -0.3 is 15.4 Å². The summed E-state index contributed by atoms with van der Waals surface area (Å²) in [4.78, 5) is 12.1. The molecular formula is C18H20N2O2. The maximum atomic E-state index is 12.1. The number of hydrogen-bond donors (Lipinski definition) is 2. The SMILES string of the molecule is O=C(Nc1ccccc1Oc1ccccc1)NC1CCCC1. The Balaban J connectivity index is 1.66. The molecule has 4 heteroatoms. The van der Waals surface area contributed by atoms with Gasteiger partial charge in [-0.2, -0.15) is 0 Å². The number of para-hydroxylation sites is 3. The smallest absolute Gasteiger partial charge is 0.319 e. The van der Waals surface area contributed by atoms with Crippen LogP contribution in [0.5, 0.6) is 11.5 Å². The predicted octanol–water partition coefficient (Wildman–Crippen LogP) is 4.54. The van der Waals surface area contributed by atoms with Gasteiger partial charge in [0.05, 0.1) is 5.69 Å². The number of rotatable bonds is 4. The van der Waals surface area contributed by atoms with Crippen LogP contribution < -0.4 is 15.4 Å². The molecule has 0 unspecified atom stereocenters. The molecule has 2 amide bonds. The van der Waals surface area contributed by atoms with Crippen molar-refractivity contribution in [2.45, 2.75) is 31.7 Å². The van der Waals surface area contributed by atoms with Crippen molar-refractivity contribution in [2.75, 3.05) is 5.32 Å². The lowest BCUT2D eigenvalue weighted by Crippen LogP contribution is -2.36. The van der Waals surface area contributed by atoms with Crippen LogP contribution in [-0.4, -0.2) is 12.1 Å². The molecule has 114 valence electrons. The molecule has 22 heavy (non-hydrogen) atoms. The van der Waals surface area contributed by atoms with Crippen molar-refractivity contribution in [2.24, 2.45) is 0 Å². The van der Waals surface area contributed by atoms with Crippen molar-refractivity contribution in [3.8, 4) is 11.5 Å². The maximum absolute atomic E-state index is 12.1. The Bertz CT molecular complexity index is 622. The molecule has 4 nitrogen and oxygen atoms in total. The van der Waals surface area contributed by atoms with E-state index in [4.69, 9.17) is 4.74 Å². The van der Waals surface area contributed by atoms with E-state index in [1.54, 1.807) is 0 Å². The van der Waals surface area contributed by atoms with Gasteiger partial charge >= 0.3 is 6.03 Å². The zero-order valence-corrected chi connectivity index (χ0v) is 12.4. The van der Waals surface area contributed by atoms with Gasteiger partial charge in [0.2, 0.25) is 0 Å². The standard InChI is InChI=1S/C18H20N2O2/c21-18(19-14-8-4-5-9-14)20-16-12-6-7-13-17(16)22-15-10-2-1-3-11-15/h1-3,6-7,10-14H,4-5,8-9H2,(H2,19,20,21). The van der Waals surface area contributed by atoms with Crippen molar-refractivity contribution in [3.05, 3.63) is 54.6 Å². The highest BCUT2D eigenvalue weighted by molar-refractivity contribution is 5.91. The van der Waals surface area contributed by atoms with Crippen LogP contribution >= 0.6 is 0 Å². The summed E-state index contributed by atoms with van der Waals surface area (Å²) in [7, 11) is 0. The fourth-order valence-corrected chi connectivity index (χ4v) is 2.69. The first-order valence-electron chi connectivity index (χ1n) is 7.71. The van der Waals surface area contributed by atoms with Crippen molar-refractivity contribution < 1.29 is 9.53 Å². The monoisotopic (exact) mass is 296 g/mol. The minimum atomic E-state index is -0.170. The Kier molecular flexibility index (Phi) is 4.59. The van der Waals surface area contributed by atoms with Gasteiger partial charge in [0.15, 0.2) is 5.75 Å². The fourth-order valence-electron chi connectivity index (χ4n) is 2.69. The van der Waals surface area contributed by atoms with Crippen molar-refractivity contribution in [1.29, 1.82) is 0 Å². The van der Waals surface area contributed by atoms with E-state index >= 15 is 0 Å². The molecule has 2 aromatic carbocycles. The van der Waals surface area contributed by atoms with Gasteiger partial charge in [-0.05, 0) is 37.1 Å². The van der Waals surface area contributed by atoms with Gasteiger partial charge in [0, 0.05) is 6.04 Å². The fraction of sp³-hybridized carbons (Fsp3) is 0.278. The number of ether oxygens (including phenoxy) is 1. The third kappa shape index (κ3) is 3.79. The molecule has 1 aliphatic rings. The number of amides is 2. The van der Waals surface area contributed by atoms with E-state index in [2.05, 4.69) is 10.6 Å². The van der Waals surface area contributed by atoms with Crippen molar-refractivity contribution in [1.82, 2.24) is 5.32 Å². The third-order valence-electron chi connectivity index (χ3n) is 3.80. The molecule has 0 aromatic heterocycles. The molecule has 0 bridgehead atoms. The Morgan fingerprint density at radius 3 is 2.41 bits per heavy atom. The minimum Gasteiger partial charge on any atom is -0.455 e. The van der Waals surface area contributed by atoms with E-state index in [1.165, 1.54) is 12.8 Å². The molecule has 0 spiro atoms. The van der Waals surface area contributed by atoms with E-state index in [-0.39, 0.29) is 6.03 Å². The van der Waals surface area contributed by atoms with Crippen LogP contribution in [0.1, 0.15) is 25.7 Å². The van der Waals surface area contributed by atoms with Gasteiger partial charge in [0.25, 0.3) is 0 Å². The molecule has 1 fully saturated rings. The average molecular weight is 296 g/mol. The maximum Gasteiger partial charge on any atom is 0.319 e. The zero-order valence-electron chi connectivity index (χ0n) is 12.4. The highest BCUT2D eigenvalue weighted by Crippen LogP contribution is 2.29. The number of urea groups is 1. The van der Waals surface area contributed by atoms with Crippen LogP contribution in [0.15, 0.2) is 54.6 Å². The molecule has 1 aliphatic carbocycles. The number of carbonyl (C=O) groups is 1. The largest absolute Gasteiger partial charge is 0.455 e. The Labute approximate surface area is 130 Å². The van der Waals surface area contributed by atoms with Crippen LogP contribution in [0.3, 0.4) is 0 Å². The summed E-state index contributed by atoms with van der Waals surface area (Å²) in [6.45, 7) is 0. The number of anilines is 1. The van der Waals surface area contributed by atoms with Gasteiger partial charge in [-0.15, -0.1) is 0 Å². The van der Waals surface area contributed by atoms with Gasteiger partial charge in [-0.1, -0.05) is 43.2 Å². The quantitative estimate of drug-likeness (QED) is 0.870. The lowest BCUT2D eigenvalue weighted by molar-refractivity contribution is 0.248. The second-order valence-electron chi connectivity index (χ2n) is 5.49. The lowest BCUT2D eigenvalue weighted by Gasteiger charge is -2.15. The van der Waals surface area contributed by atoms with Crippen LogP contribution in [0.4, 0.5) is 10.5 Å². The molecule has 1 saturated carbocycles. The first-order valence-corrected chi connectivity index (χ1v) is 7.71. The molecule has 0 atom stereocenters. The summed E-state index contributed by atoms with van der Waals surface area (Å²) in [6, 6.07) is 17.1. The predicted molar refractivity (Wildman–Crippen MR) is 87.4 cm³/mol. The van der Waals surface area contributed by atoms with Crippen LogP contribution in [0.25, 0.3) is 0 Å². The van der Waals surface area contributed by atoms with Gasteiger partial charge in [-0.25, -0.2) is 4.79 Å². The summed E-state index contributed by atoms with van der Waals surface area (Å²) in [5, 5.41) is 5.90. The van der Waals surface area contributed by atoms with E-state index in [1.807, 2.05) is 54.6 Å². The molecule has 0 aliphatic heterocycles. The van der Waals surface area contributed by atoms with E-state index in [0.29, 0.717) is 17.5 Å². The first kappa shape index (κ1) is 14.4. The van der Waals surface area contributed by atoms with Gasteiger partial charge in [0.1, 0.15) is 5.75 Å². The number of benzene rings is 2. The van der Waals surface area contributed by atoms with Gasteiger partial charge in [-0.3, -0.25) is 0 Å². The van der Waals surface area contributed by atoms with E-state index < -0.39 is 0 Å². The lowest BCUT2D eigenvalue weighted by atomic mass is 10.2. The zero-order chi connectivity index (χ0) is 15.2. The topological polar surface area (TPSA) is 50.4 Å². The first-order chi connectivity index (χ1) is 10.8. The second-order valence-corrected chi connectivity index (χ2v) is 5.49. The summed E-state index contributed by atoms with van der Waals surface area (Å²) in [5.41, 5.74) is 0.668. The average Bonchev–Trinajstić information content (AvgIpc) is 3.03. The minimum absolute atomic E-state index is 0.170. The number of carbonyl (C=O) groups excluding carboxylic acids is 1. The molecule has 0 heterocycles. The highest BCUT2D eigenvalue weighted by atomic mass is 16.5. The van der Waals surface area contributed by atoms with Crippen LogP contribution in [0.2, 0.25) is 0 Å². The molecule has 0 saturated heterocycles. The summed E-state index contributed by atoms with van der Waals surface area (Å²) in [5.74, 6) is 1.38.